The maximum atomic E-state index is 12.6. The van der Waals surface area contributed by atoms with Crippen LogP contribution in [0.15, 0.2) is 59.3 Å². The summed E-state index contributed by atoms with van der Waals surface area (Å²) in [6, 6.07) is 9.47. The van der Waals surface area contributed by atoms with Gasteiger partial charge in [0.1, 0.15) is 36.1 Å². The third kappa shape index (κ3) is 6.62. The SMILES string of the molecule is CCC1=CC2=C(C#CCc3cc(O)c4c(c3[C@H]3Oc5c(ccc6c5[C@]5(CC[C@@H](C2)C5)Cc2cc(O)cc(OC)c2-6)[C@@H]3COC(C)=O)C=C[C@H](NC)[C@H](CNC)O4)NC1N. The fourth-order valence-electron chi connectivity index (χ4n) is 10.9. The molecule has 6 aliphatic rings. The molecule has 1 saturated carbocycles. The number of hydrogen-bond donors (Lipinski definition) is 6. The standard InChI is InChI=1S/C48H54N4O7/c1-6-27-17-29-16-26-14-15-48(21-26)22-30-18-31(54)20-39(56-5)41(30)33-11-10-32-35(24-57-25(2)53)45(59-46(32)43(33)48)42-28(8-7-9-36(29)52-47(27)49)19-38(55)44-34(42)12-13-37(51-4)40(58-44)23-50-3/h10-13,17-20,26,35,37,40,45,47,50-52,54-55H,6,8,14-16,21-24,49H2,1-5H3/t26-,35-,37-,40-,45-,47?,48-/m0/s1. The Bertz CT molecular complexity index is 2390. The number of likely N-dealkylation sites (N-methyl/N-ethyl adjacent to an activating group) is 2. The van der Waals surface area contributed by atoms with Crippen LogP contribution in [0.2, 0.25) is 0 Å². The van der Waals surface area contributed by atoms with Crippen LogP contribution in [-0.2, 0) is 27.8 Å². The maximum Gasteiger partial charge on any atom is 0.302 e. The molecule has 4 bridgehead atoms. The van der Waals surface area contributed by atoms with Crippen LogP contribution in [0.25, 0.3) is 17.2 Å². The highest BCUT2D eigenvalue weighted by molar-refractivity contribution is 5.84. The van der Waals surface area contributed by atoms with Crippen LogP contribution in [-0.4, -0.2) is 68.9 Å². The van der Waals surface area contributed by atoms with Gasteiger partial charge in [-0.15, -0.1) is 0 Å². The molecule has 1 unspecified atom stereocenters. The molecule has 11 nitrogen and oxygen atoms in total. The number of methoxy groups -OCH3 is 1. The highest BCUT2D eigenvalue weighted by Crippen LogP contribution is 2.63. The van der Waals surface area contributed by atoms with Crippen LogP contribution in [0, 0.1) is 17.8 Å². The molecule has 11 heteroatoms. The number of dihydropyridines is 1. The van der Waals surface area contributed by atoms with Crippen molar-refractivity contribution in [3.63, 3.8) is 0 Å². The number of phenolic OH excluding ortho intramolecular Hbond substituents is 2. The summed E-state index contributed by atoms with van der Waals surface area (Å²) in [5.74, 6) is 8.51. The lowest BCUT2D eigenvalue weighted by Gasteiger charge is -2.39. The Balaban J connectivity index is 1.32. The number of allylic oxidation sites excluding steroid dienone is 3. The van der Waals surface area contributed by atoms with Crippen LogP contribution in [0.5, 0.6) is 28.7 Å². The summed E-state index contributed by atoms with van der Waals surface area (Å²) in [4.78, 5) is 12.6. The van der Waals surface area contributed by atoms with E-state index in [2.05, 4.69) is 59.0 Å². The molecule has 7 N–H and O–H groups in total. The van der Waals surface area contributed by atoms with Gasteiger partial charge in [0.05, 0.1) is 30.9 Å². The number of ether oxygens (including phenoxy) is 4. The number of aromatic hydroxyl groups is 2. The second-order valence-corrected chi connectivity index (χ2v) is 17.0. The van der Waals surface area contributed by atoms with Gasteiger partial charge in [-0.05, 0) is 104 Å². The highest BCUT2D eigenvalue weighted by Gasteiger charge is 2.51. The van der Waals surface area contributed by atoms with Gasteiger partial charge in [0.15, 0.2) is 11.5 Å². The smallest absolute Gasteiger partial charge is 0.302 e. The van der Waals surface area contributed by atoms with Gasteiger partial charge in [-0.2, -0.15) is 0 Å². The van der Waals surface area contributed by atoms with E-state index in [-0.39, 0.29) is 53.7 Å². The molecule has 3 aromatic rings. The van der Waals surface area contributed by atoms with Gasteiger partial charge >= 0.3 is 5.97 Å². The van der Waals surface area contributed by atoms with Crippen molar-refractivity contribution in [2.24, 2.45) is 11.7 Å². The number of nitrogens with two attached hydrogens (primary N) is 1. The number of rotatable bonds is 7. The van der Waals surface area contributed by atoms with Gasteiger partial charge in [-0.3, -0.25) is 4.79 Å². The van der Waals surface area contributed by atoms with Crippen LogP contribution in [0.3, 0.4) is 0 Å². The number of phenols is 2. The lowest BCUT2D eigenvalue weighted by atomic mass is 9.65. The molecule has 0 radical (unpaired) electrons. The number of fused-ring (bicyclic) bond motifs is 8. The van der Waals surface area contributed by atoms with Gasteiger partial charge in [-0.25, -0.2) is 0 Å². The summed E-state index contributed by atoms with van der Waals surface area (Å²) in [5.41, 5.74) is 16.9. The quantitative estimate of drug-likeness (QED) is 0.120. The summed E-state index contributed by atoms with van der Waals surface area (Å²) < 4.78 is 26.0. The molecular weight excluding hydrogens is 745 g/mol. The summed E-state index contributed by atoms with van der Waals surface area (Å²) in [6.45, 7) is 4.19. The molecule has 59 heavy (non-hydrogen) atoms. The zero-order valence-electron chi connectivity index (χ0n) is 34.5. The fraction of sp³-hybridized carbons (Fsp3) is 0.438. The molecule has 0 aromatic heterocycles. The van der Waals surface area contributed by atoms with Crippen molar-refractivity contribution in [1.29, 1.82) is 0 Å². The van der Waals surface area contributed by atoms with E-state index in [1.807, 2.05) is 26.2 Å². The van der Waals surface area contributed by atoms with Gasteiger partial charge < -0.3 is 50.8 Å². The molecule has 4 heterocycles. The van der Waals surface area contributed by atoms with Crippen LogP contribution in [0.4, 0.5) is 0 Å². The Morgan fingerprint density at radius 1 is 1.14 bits per heavy atom. The number of benzene rings is 3. The summed E-state index contributed by atoms with van der Waals surface area (Å²) in [6.07, 6.45) is 10.6. The van der Waals surface area contributed by atoms with Crippen molar-refractivity contribution < 1.29 is 34.0 Å². The number of nitrogens with one attached hydrogen (secondary N) is 3. The van der Waals surface area contributed by atoms with Gasteiger partial charge in [-0.1, -0.05) is 43.2 Å². The normalized spacial score (nSPS) is 27.1. The molecular formula is C48H54N4O7. The van der Waals surface area contributed by atoms with Crippen molar-refractivity contribution in [3.8, 4) is 51.7 Å². The van der Waals surface area contributed by atoms with Crippen molar-refractivity contribution >= 4 is 12.0 Å². The Kier molecular flexibility index (Phi) is 10.1. The predicted octanol–water partition coefficient (Wildman–Crippen LogP) is 6.16. The van der Waals surface area contributed by atoms with Crippen LogP contribution in [0.1, 0.15) is 91.4 Å². The molecule has 3 aromatic carbocycles. The summed E-state index contributed by atoms with van der Waals surface area (Å²) in [5, 5.41) is 32.9. The Hall–Kier alpha value is -5.41. The molecule has 0 amide bonds. The van der Waals surface area contributed by atoms with Gasteiger partial charge in [0, 0.05) is 59.2 Å². The van der Waals surface area contributed by atoms with Crippen molar-refractivity contribution in [3.05, 3.63) is 92.7 Å². The largest absolute Gasteiger partial charge is 0.508 e. The monoisotopic (exact) mass is 798 g/mol. The Morgan fingerprint density at radius 2 is 1.98 bits per heavy atom. The van der Waals surface area contributed by atoms with E-state index in [1.54, 1.807) is 19.2 Å². The number of esters is 1. The first-order chi connectivity index (χ1) is 28.6. The minimum Gasteiger partial charge on any atom is -0.508 e. The third-order valence-electron chi connectivity index (χ3n) is 13.5. The van der Waals surface area contributed by atoms with E-state index in [1.165, 1.54) is 6.92 Å². The summed E-state index contributed by atoms with van der Waals surface area (Å²) >= 11 is 0. The topological polar surface area (TPSA) is 157 Å². The minimum absolute atomic E-state index is 0.0156. The molecule has 7 atom stereocenters. The first-order valence-corrected chi connectivity index (χ1v) is 20.9. The fourth-order valence-corrected chi connectivity index (χ4v) is 10.9. The molecule has 1 fully saturated rings. The first kappa shape index (κ1) is 39.1. The third-order valence-corrected chi connectivity index (χ3v) is 13.5. The average Bonchev–Trinajstić information content (AvgIpc) is 3.72. The molecule has 308 valence electrons. The van der Waals surface area contributed by atoms with E-state index in [0.29, 0.717) is 42.4 Å². The van der Waals surface area contributed by atoms with Gasteiger partial charge in [0.25, 0.3) is 0 Å². The van der Waals surface area contributed by atoms with Crippen LogP contribution < -0.4 is 35.9 Å². The first-order valence-electron chi connectivity index (χ1n) is 20.9. The molecule has 9 rings (SSSR count). The van der Waals surface area contributed by atoms with Crippen molar-refractivity contribution in [2.45, 2.75) is 94.5 Å². The minimum atomic E-state index is -0.627. The molecule has 4 aliphatic heterocycles. The lowest BCUT2D eigenvalue weighted by Crippen LogP contribution is -2.44. The highest BCUT2D eigenvalue weighted by atomic mass is 16.5. The van der Waals surface area contributed by atoms with E-state index in [9.17, 15) is 15.0 Å². The number of hydrogen-bond acceptors (Lipinski definition) is 11. The molecule has 1 spiro atoms. The number of carbonyl (C=O) groups excluding carboxylic acids is 1. The van der Waals surface area contributed by atoms with E-state index in [4.69, 9.17) is 24.7 Å². The summed E-state index contributed by atoms with van der Waals surface area (Å²) in [7, 11) is 5.42. The average molecular weight is 799 g/mol. The van der Waals surface area contributed by atoms with Crippen molar-refractivity contribution in [2.75, 3.05) is 34.4 Å². The van der Waals surface area contributed by atoms with Gasteiger partial charge in [0.2, 0.25) is 0 Å². The van der Waals surface area contributed by atoms with Crippen molar-refractivity contribution in [1.82, 2.24) is 16.0 Å². The second kappa shape index (κ2) is 15.3. The second-order valence-electron chi connectivity index (χ2n) is 17.0. The Labute approximate surface area is 346 Å². The maximum absolute atomic E-state index is 12.6. The zero-order chi connectivity index (χ0) is 41.2. The number of carbonyl (C=O) groups is 1. The van der Waals surface area contributed by atoms with E-state index >= 15 is 0 Å². The molecule has 2 aliphatic carbocycles. The zero-order valence-corrected chi connectivity index (χ0v) is 34.5. The van der Waals surface area contributed by atoms with E-state index < -0.39 is 6.10 Å². The Morgan fingerprint density at radius 3 is 2.75 bits per heavy atom. The lowest BCUT2D eigenvalue weighted by molar-refractivity contribution is -0.141. The van der Waals surface area contributed by atoms with E-state index in [0.717, 1.165) is 93.6 Å². The predicted molar refractivity (Wildman–Crippen MR) is 227 cm³/mol. The molecule has 0 saturated heterocycles. The van der Waals surface area contributed by atoms with Crippen LogP contribution >= 0.6 is 0 Å².